The molecular formula is C23H34N4O3. The monoisotopic (exact) mass is 414 g/mol. The number of nitrogens with zero attached hydrogens (tertiary/aromatic N) is 3. The molecule has 1 saturated heterocycles. The van der Waals surface area contributed by atoms with E-state index in [1.807, 2.05) is 58.2 Å². The summed E-state index contributed by atoms with van der Waals surface area (Å²) in [5.74, 6) is 1.14. The van der Waals surface area contributed by atoms with Gasteiger partial charge >= 0.3 is 6.09 Å². The van der Waals surface area contributed by atoms with Gasteiger partial charge in [-0.15, -0.1) is 0 Å². The topological polar surface area (TPSA) is 75.5 Å². The number of hydrogen-bond acceptors (Lipinski definition) is 4. The number of amides is 1. The average Bonchev–Trinajstić information content (AvgIpc) is 3.14. The number of allylic oxidation sites excluding steroid dienone is 1. The molecule has 1 atom stereocenters. The lowest BCUT2D eigenvalue weighted by atomic mass is 10.1. The number of methoxy groups -OCH3 is 1. The first kappa shape index (κ1) is 23.6. The first-order valence-corrected chi connectivity index (χ1v) is 10.2. The minimum absolute atomic E-state index is 0.396. The summed E-state index contributed by atoms with van der Waals surface area (Å²) in [6, 6.07) is 7.98. The predicted octanol–water partition coefficient (Wildman–Crippen LogP) is 4.10. The van der Waals surface area contributed by atoms with E-state index < -0.39 is 11.7 Å². The number of nitrogens with one attached hydrogen (secondary N) is 1. The summed E-state index contributed by atoms with van der Waals surface area (Å²) in [5.41, 5.74) is 2.50. The fraction of sp³-hybridized carbons (Fsp3) is 0.522. The van der Waals surface area contributed by atoms with Crippen molar-refractivity contribution in [2.24, 2.45) is 15.9 Å². The Bertz CT molecular complexity index is 796. The summed E-state index contributed by atoms with van der Waals surface area (Å²) in [5, 5.41) is 2.78. The van der Waals surface area contributed by atoms with E-state index in [1.165, 1.54) is 0 Å². The molecule has 7 heteroatoms. The number of likely N-dealkylation sites (tertiary alicyclic amines) is 1. The lowest BCUT2D eigenvalue weighted by molar-refractivity contribution is 0.0523. The van der Waals surface area contributed by atoms with Crippen LogP contribution in [-0.4, -0.2) is 56.1 Å². The van der Waals surface area contributed by atoms with Gasteiger partial charge in [0.25, 0.3) is 0 Å². The summed E-state index contributed by atoms with van der Waals surface area (Å²) in [6.07, 6.45) is 2.45. The zero-order chi connectivity index (χ0) is 22.1. The van der Waals surface area contributed by atoms with Gasteiger partial charge in [0.15, 0.2) is 0 Å². The summed E-state index contributed by atoms with van der Waals surface area (Å²) in [6.45, 7) is 14.1. The van der Waals surface area contributed by atoms with Gasteiger partial charge in [-0.25, -0.2) is 14.8 Å². The number of aliphatic imine (C=N–C) groups is 2. The van der Waals surface area contributed by atoms with Crippen molar-refractivity contribution in [3.8, 4) is 0 Å². The van der Waals surface area contributed by atoms with E-state index >= 15 is 0 Å². The second-order valence-corrected chi connectivity index (χ2v) is 8.51. The highest BCUT2D eigenvalue weighted by Gasteiger charge is 2.24. The predicted molar refractivity (Wildman–Crippen MR) is 122 cm³/mol. The highest BCUT2D eigenvalue weighted by atomic mass is 16.6. The zero-order valence-electron chi connectivity index (χ0n) is 18.8. The number of guanidine groups is 1. The maximum Gasteiger partial charge on any atom is 0.407 e. The Hall–Kier alpha value is -2.67. The van der Waals surface area contributed by atoms with Crippen molar-refractivity contribution in [3.05, 3.63) is 41.6 Å². The van der Waals surface area contributed by atoms with Gasteiger partial charge in [0.05, 0.1) is 6.61 Å². The first-order chi connectivity index (χ1) is 14.2. The Morgan fingerprint density at radius 1 is 1.40 bits per heavy atom. The molecule has 1 fully saturated rings. The molecule has 1 aromatic rings. The van der Waals surface area contributed by atoms with Crippen molar-refractivity contribution in [1.82, 2.24) is 10.2 Å². The quantitative estimate of drug-likeness (QED) is 0.562. The molecule has 0 spiro atoms. The van der Waals surface area contributed by atoms with Gasteiger partial charge in [0.2, 0.25) is 5.96 Å². The average molecular weight is 415 g/mol. The van der Waals surface area contributed by atoms with E-state index in [9.17, 15) is 4.79 Å². The molecule has 0 aliphatic carbocycles. The standard InChI is InChI=1S/C23H34N4O3/c1-17(13-25-21(24-5)27-11-10-19(15-27)16-29-6)20-9-7-8-18(12-20)14-26-22(28)30-23(2,3)4/h7-9,12-13,19H,5,10-11,14-16H2,1-4,6H3,(H,26,28)/b17-13+,25-21+. The van der Waals surface area contributed by atoms with Gasteiger partial charge in [-0.2, -0.15) is 0 Å². The Kier molecular flexibility index (Phi) is 8.59. The smallest absolute Gasteiger partial charge is 0.407 e. The highest BCUT2D eigenvalue weighted by molar-refractivity contribution is 5.85. The van der Waals surface area contributed by atoms with Crippen LogP contribution in [0, 0.1) is 5.92 Å². The molecule has 0 aromatic heterocycles. The fourth-order valence-electron chi connectivity index (χ4n) is 3.25. The number of carbonyl (C=O) groups is 1. The molecule has 1 unspecified atom stereocenters. The van der Waals surface area contributed by atoms with Crippen molar-refractivity contribution in [2.45, 2.75) is 46.3 Å². The molecule has 30 heavy (non-hydrogen) atoms. The summed E-state index contributed by atoms with van der Waals surface area (Å²) < 4.78 is 10.5. The number of benzene rings is 1. The van der Waals surface area contributed by atoms with E-state index in [0.29, 0.717) is 18.4 Å². The maximum absolute atomic E-state index is 11.9. The molecule has 164 valence electrons. The second-order valence-electron chi connectivity index (χ2n) is 8.51. The van der Waals surface area contributed by atoms with Crippen LogP contribution in [0.2, 0.25) is 0 Å². The van der Waals surface area contributed by atoms with Crippen molar-refractivity contribution in [2.75, 3.05) is 26.8 Å². The number of alkyl carbamates (subject to hydrolysis) is 1. The molecule has 2 rings (SSSR count). The lowest BCUT2D eigenvalue weighted by Gasteiger charge is -2.19. The van der Waals surface area contributed by atoms with Crippen molar-refractivity contribution < 1.29 is 14.3 Å². The van der Waals surface area contributed by atoms with Crippen LogP contribution in [0.15, 0.2) is 40.5 Å². The van der Waals surface area contributed by atoms with Crippen LogP contribution in [0.4, 0.5) is 4.79 Å². The van der Waals surface area contributed by atoms with Crippen LogP contribution in [0.3, 0.4) is 0 Å². The first-order valence-electron chi connectivity index (χ1n) is 10.2. The van der Waals surface area contributed by atoms with Crippen molar-refractivity contribution in [1.29, 1.82) is 0 Å². The van der Waals surface area contributed by atoms with E-state index in [1.54, 1.807) is 7.11 Å². The van der Waals surface area contributed by atoms with Gasteiger partial charge in [0.1, 0.15) is 5.60 Å². The van der Waals surface area contributed by atoms with E-state index in [-0.39, 0.29) is 0 Å². The molecule has 1 aliphatic rings. The minimum Gasteiger partial charge on any atom is -0.444 e. The van der Waals surface area contributed by atoms with Crippen LogP contribution in [0.1, 0.15) is 45.2 Å². The van der Waals surface area contributed by atoms with Gasteiger partial charge in [-0.3, -0.25) is 0 Å². The number of hydrogen-bond donors (Lipinski definition) is 1. The van der Waals surface area contributed by atoms with Gasteiger partial charge in [0, 0.05) is 38.9 Å². The van der Waals surface area contributed by atoms with Gasteiger partial charge in [-0.05, 0) is 63.6 Å². The Morgan fingerprint density at radius 2 is 2.17 bits per heavy atom. The molecule has 0 saturated carbocycles. The summed E-state index contributed by atoms with van der Waals surface area (Å²) >= 11 is 0. The van der Waals surface area contributed by atoms with Crippen LogP contribution < -0.4 is 5.32 Å². The third-order valence-electron chi connectivity index (χ3n) is 4.70. The largest absolute Gasteiger partial charge is 0.444 e. The van der Waals surface area contributed by atoms with Gasteiger partial charge < -0.3 is 19.7 Å². The molecule has 0 radical (unpaired) electrons. The van der Waals surface area contributed by atoms with Crippen LogP contribution in [0.25, 0.3) is 5.57 Å². The molecule has 0 bridgehead atoms. The molecule has 1 aromatic carbocycles. The van der Waals surface area contributed by atoms with E-state index in [0.717, 1.165) is 42.8 Å². The minimum atomic E-state index is -0.515. The zero-order valence-corrected chi connectivity index (χ0v) is 18.8. The van der Waals surface area contributed by atoms with Gasteiger partial charge in [-0.1, -0.05) is 18.2 Å². The van der Waals surface area contributed by atoms with E-state index in [4.69, 9.17) is 9.47 Å². The summed E-state index contributed by atoms with van der Waals surface area (Å²) in [4.78, 5) is 22.7. The third-order valence-corrected chi connectivity index (χ3v) is 4.70. The van der Waals surface area contributed by atoms with E-state index in [2.05, 4.69) is 26.9 Å². The van der Waals surface area contributed by atoms with Crippen LogP contribution >= 0.6 is 0 Å². The fourth-order valence-corrected chi connectivity index (χ4v) is 3.25. The molecule has 7 nitrogen and oxygen atoms in total. The SMILES string of the molecule is C=N/C(=N\C=C(/C)c1cccc(CNC(=O)OC(C)(C)C)c1)N1CCC(COC)C1. The third kappa shape index (κ3) is 7.63. The maximum atomic E-state index is 11.9. The second kappa shape index (κ2) is 10.9. The van der Waals surface area contributed by atoms with Crippen LogP contribution in [0.5, 0.6) is 0 Å². The Labute approximate surface area is 179 Å². The molecule has 1 heterocycles. The van der Waals surface area contributed by atoms with Crippen LogP contribution in [-0.2, 0) is 16.0 Å². The molecule has 1 aliphatic heterocycles. The van der Waals surface area contributed by atoms with Crippen molar-refractivity contribution >= 4 is 24.3 Å². The normalized spacial score (nSPS) is 17.8. The number of rotatable bonds is 6. The molecule has 1 N–H and O–H groups in total. The van der Waals surface area contributed by atoms with Crippen molar-refractivity contribution in [3.63, 3.8) is 0 Å². The number of carbonyl (C=O) groups excluding carboxylic acids is 1. The summed E-state index contributed by atoms with van der Waals surface area (Å²) in [7, 11) is 1.73. The molecular weight excluding hydrogens is 380 g/mol. The Morgan fingerprint density at radius 3 is 2.83 bits per heavy atom. The highest BCUT2D eigenvalue weighted by Crippen LogP contribution is 2.19. The lowest BCUT2D eigenvalue weighted by Crippen LogP contribution is -2.32. The number of ether oxygens (including phenoxy) is 2. The molecule has 1 amide bonds. The Balaban J connectivity index is 2.01.